The van der Waals surface area contributed by atoms with Gasteiger partial charge in [-0.3, -0.25) is 0 Å². The number of rotatable bonds is 1. The highest BCUT2D eigenvalue weighted by molar-refractivity contribution is 5.90. The van der Waals surface area contributed by atoms with Crippen molar-refractivity contribution in [2.75, 3.05) is 0 Å². The zero-order chi connectivity index (χ0) is 11.6. The molecule has 0 aromatic heterocycles. The van der Waals surface area contributed by atoms with Crippen LogP contribution < -0.4 is 0 Å². The summed E-state index contributed by atoms with van der Waals surface area (Å²) in [5.41, 5.74) is -0.0671. The maximum Gasteiger partial charge on any atom is 0.339 e. The third-order valence-electron chi connectivity index (χ3n) is 1.13. The van der Waals surface area contributed by atoms with Crippen LogP contribution in [-0.2, 0) is 0 Å². The molecule has 1 aromatic carbocycles. The Kier molecular flexibility index (Phi) is 10.3. The Morgan fingerprint density at radius 1 is 1.07 bits per heavy atom. The first kappa shape index (κ1) is 15.0. The van der Waals surface area contributed by atoms with Gasteiger partial charge in [-0.1, -0.05) is 39.8 Å². The molecule has 0 fully saturated rings. The van der Waals surface area contributed by atoms with Crippen molar-refractivity contribution in [1.29, 1.82) is 0 Å². The van der Waals surface area contributed by atoms with Crippen LogP contribution >= 0.6 is 0 Å². The fraction of sp³-hybridized carbons (Fsp3) is 0.364. The van der Waals surface area contributed by atoms with Crippen molar-refractivity contribution in [3.63, 3.8) is 0 Å². The lowest BCUT2D eigenvalue weighted by Gasteiger charge is -1.95. The highest BCUT2D eigenvalue weighted by Crippen LogP contribution is 2.14. The van der Waals surface area contributed by atoms with E-state index in [-0.39, 0.29) is 11.3 Å². The van der Waals surface area contributed by atoms with Gasteiger partial charge in [-0.15, -0.1) is 0 Å². The maximum absolute atomic E-state index is 10.3. The zero-order valence-electron chi connectivity index (χ0n) is 9.11. The van der Waals surface area contributed by atoms with Crippen LogP contribution in [0.2, 0.25) is 0 Å². The average Bonchev–Trinajstić information content (AvgIpc) is 2.24. The van der Waals surface area contributed by atoms with Crippen LogP contribution in [0.1, 0.15) is 38.1 Å². The summed E-state index contributed by atoms with van der Waals surface area (Å²) in [7, 11) is 0. The van der Waals surface area contributed by atoms with E-state index in [1.54, 1.807) is 12.1 Å². The normalized spacial score (nSPS) is 7.43. The van der Waals surface area contributed by atoms with Gasteiger partial charge in [0.1, 0.15) is 11.3 Å². The summed E-state index contributed by atoms with van der Waals surface area (Å²) in [4.78, 5) is 10.3. The second kappa shape index (κ2) is 9.58. The van der Waals surface area contributed by atoms with Gasteiger partial charge in [-0.25, -0.2) is 4.79 Å². The third-order valence-corrected chi connectivity index (χ3v) is 1.13. The van der Waals surface area contributed by atoms with E-state index >= 15 is 0 Å². The van der Waals surface area contributed by atoms with E-state index in [0.717, 1.165) is 0 Å². The number of aromatic hydroxyl groups is 1. The first-order valence-corrected chi connectivity index (χ1v) is 4.73. The highest BCUT2D eigenvalue weighted by atomic mass is 16.4. The van der Waals surface area contributed by atoms with Crippen LogP contribution in [0.3, 0.4) is 0 Å². The summed E-state index contributed by atoms with van der Waals surface area (Å²) in [6.45, 7) is 8.00. The number of benzene rings is 1. The molecule has 0 bridgehead atoms. The van der Waals surface area contributed by atoms with Gasteiger partial charge in [0.2, 0.25) is 0 Å². The van der Waals surface area contributed by atoms with Crippen molar-refractivity contribution in [3.05, 3.63) is 29.8 Å². The molecule has 1 aromatic rings. The number of hydrogen-bond donors (Lipinski definition) is 2. The fourth-order valence-electron chi connectivity index (χ4n) is 0.654. The van der Waals surface area contributed by atoms with Crippen molar-refractivity contribution in [1.82, 2.24) is 0 Å². The van der Waals surface area contributed by atoms with E-state index in [1.807, 2.05) is 27.7 Å². The Morgan fingerprint density at radius 2 is 1.50 bits per heavy atom. The SMILES string of the molecule is CC.CC.O=C(O)c1ccccc1O. The Hall–Kier alpha value is -1.51. The molecular formula is C11H18O3. The molecule has 0 spiro atoms. The topological polar surface area (TPSA) is 57.5 Å². The van der Waals surface area contributed by atoms with Gasteiger partial charge in [-0.05, 0) is 12.1 Å². The van der Waals surface area contributed by atoms with Gasteiger partial charge in [0, 0.05) is 0 Å². The fourth-order valence-corrected chi connectivity index (χ4v) is 0.654. The number of phenols is 1. The smallest absolute Gasteiger partial charge is 0.339 e. The van der Waals surface area contributed by atoms with Crippen molar-refractivity contribution in [2.24, 2.45) is 0 Å². The van der Waals surface area contributed by atoms with E-state index in [9.17, 15) is 4.79 Å². The monoisotopic (exact) mass is 198 g/mol. The summed E-state index contributed by atoms with van der Waals surface area (Å²) in [6.07, 6.45) is 0. The Balaban J connectivity index is 0. The minimum absolute atomic E-state index is 0.0671. The van der Waals surface area contributed by atoms with Gasteiger partial charge in [0.15, 0.2) is 0 Å². The second-order valence-corrected chi connectivity index (χ2v) is 1.82. The molecule has 0 amide bonds. The first-order valence-electron chi connectivity index (χ1n) is 4.73. The molecule has 0 aliphatic carbocycles. The van der Waals surface area contributed by atoms with Crippen molar-refractivity contribution < 1.29 is 15.0 Å². The predicted octanol–water partition coefficient (Wildman–Crippen LogP) is 3.14. The molecule has 0 saturated carbocycles. The van der Waals surface area contributed by atoms with Crippen molar-refractivity contribution >= 4 is 5.97 Å². The second-order valence-electron chi connectivity index (χ2n) is 1.82. The molecular weight excluding hydrogens is 180 g/mol. The van der Waals surface area contributed by atoms with Crippen LogP contribution in [0.5, 0.6) is 5.75 Å². The van der Waals surface area contributed by atoms with Gasteiger partial charge >= 0.3 is 5.97 Å². The standard InChI is InChI=1S/C7H6O3.2C2H6/c8-6-4-2-1-3-5(6)7(9)10;2*1-2/h1-4,8H,(H,9,10);2*1-2H3. The summed E-state index contributed by atoms with van der Waals surface area (Å²) < 4.78 is 0. The molecule has 2 N–H and O–H groups in total. The van der Waals surface area contributed by atoms with E-state index in [4.69, 9.17) is 10.2 Å². The number of carbonyl (C=O) groups is 1. The summed E-state index contributed by atoms with van der Waals surface area (Å²) in [5, 5.41) is 17.3. The minimum atomic E-state index is -1.11. The number of para-hydroxylation sites is 1. The molecule has 3 nitrogen and oxygen atoms in total. The lowest BCUT2D eigenvalue weighted by molar-refractivity contribution is 0.0694. The molecule has 80 valence electrons. The maximum atomic E-state index is 10.3. The Morgan fingerprint density at radius 3 is 1.79 bits per heavy atom. The van der Waals surface area contributed by atoms with Gasteiger partial charge in [0.05, 0.1) is 0 Å². The molecule has 0 atom stereocenters. The molecule has 14 heavy (non-hydrogen) atoms. The van der Waals surface area contributed by atoms with Crippen LogP contribution in [0.15, 0.2) is 24.3 Å². The predicted molar refractivity (Wildman–Crippen MR) is 57.8 cm³/mol. The van der Waals surface area contributed by atoms with Gasteiger partial charge in [-0.2, -0.15) is 0 Å². The average molecular weight is 198 g/mol. The molecule has 0 aliphatic heterocycles. The molecule has 0 heterocycles. The molecule has 3 heteroatoms. The molecule has 1 rings (SSSR count). The molecule has 0 radical (unpaired) electrons. The van der Waals surface area contributed by atoms with Gasteiger partial charge < -0.3 is 10.2 Å². The van der Waals surface area contributed by atoms with E-state index < -0.39 is 5.97 Å². The van der Waals surface area contributed by atoms with Crippen LogP contribution in [-0.4, -0.2) is 16.2 Å². The molecule has 0 aliphatic rings. The largest absolute Gasteiger partial charge is 0.507 e. The van der Waals surface area contributed by atoms with Crippen molar-refractivity contribution in [3.8, 4) is 5.75 Å². The third kappa shape index (κ3) is 5.19. The van der Waals surface area contributed by atoms with E-state index in [1.165, 1.54) is 12.1 Å². The number of carboxylic acid groups (broad SMARTS) is 1. The quantitative estimate of drug-likeness (QED) is 0.728. The van der Waals surface area contributed by atoms with Crippen LogP contribution in [0.4, 0.5) is 0 Å². The Bertz CT molecular complexity index is 256. The highest BCUT2D eigenvalue weighted by Gasteiger charge is 2.05. The summed E-state index contributed by atoms with van der Waals surface area (Å²) in [5.74, 6) is -1.31. The molecule has 0 saturated heterocycles. The lowest BCUT2D eigenvalue weighted by Crippen LogP contribution is -1.95. The van der Waals surface area contributed by atoms with E-state index in [0.29, 0.717) is 0 Å². The van der Waals surface area contributed by atoms with Crippen LogP contribution in [0.25, 0.3) is 0 Å². The Labute approximate surface area is 85.0 Å². The minimum Gasteiger partial charge on any atom is -0.507 e. The zero-order valence-corrected chi connectivity index (χ0v) is 9.11. The van der Waals surface area contributed by atoms with Gasteiger partial charge in [0.25, 0.3) is 0 Å². The first-order chi connectivity index (χ1) is 6.72. The van der Waals surface area contributed by atoms with Crippen LogP contribution in [0, 0.1) is 0 Å². The number of aromatic carboxylic acids is 1. The van der Waals surface area contributed by atoms with E-state index in [2.05, 4.69) is 0 Å². The summed E-state index contributed by atoms with van der Waals surface area (Å²) >= 11 is 0. The summed E-state index contributed by atoms with van der Waals surface area (Å²) in [6, 6.07) is 5.81. The number of hydrogen-bond acceptors (Lipinski definition) is 2. The molecule has 0 unspecified atom stereocenters. The van der Waals surface area contributed by atoms with Crippen molar-refractivity contribution in [2.45, 2.75) is 27.7 Å². The lowest BCUT2D eigenvalue weighted by atomic mass is 10.2. The number of carboxylic acids is 1.